The highest BCUT2D eigenvalue weighted by molar-refractivity contribution is 6.87. The van der Waals surface area contributed by atoms with Gasteiger partial charge in [0.25, 0.3) is 0 Å². The molecular formula is C14H38ClNO3Si3. The summed E-state index contributed by atoms with van der Waals surface area (Å²) in [5.41, 5.74) is 0. The Morgan fingerprint density at radius 1 is 0.818 bits per heavy atom. The van der Waals surface area contributed by atoms with Crippen molar-refractivity contribution < 1.29 is 30.2 Å². The molecule has 22 heavy (non-hydrogen) atoms. The summed E-state index contributed by atoms with van der Waals surface area (Å²) in [4.78, 5) is 0. The minimum atomic E-state index is -2.09. The van der Waals surface area contributed by atoms with Crippen molar-refractivity contribution in [3.63, 3.8) is 0 Å². The summed E-state index contributed by atoms with van der Waals surface area (Å²) in [6, 6.07) is 1.05. The second-order valence-corrected chi connectivity index (χ2v) is 21.6. The second-order valence-electron chi connectivity index (χ2n) is 8.77. The summed E-state index contributed by atoms with van der Waals surface area (Å²) in [7, 11) is -0.922. The van der Waals surface area contributed by atoms with E-state index >= 15 is 0 Å². The molecule has 0 rings (SSSR count). The van der Waals surface area contributed by atoms with Gasteiger partial charge in [0, 0.05) is 0 Å². The van der Waals surface area contributed by atoms with Crippen LogP contribution in [0.3, 0.4) is 0 Å². The molecule has 0 spiro atoms. The number of likely N-dealkylation sites (N-methyl/N-ethyl adjacent to an activating group) is 1. The van der Waals surface area contributed by atoms with Gasteiger partial charge in [-0.25, -0.2) is 0 Å². The van der Waals surface area contributed by atoms with Crippen LogP contribution < -0.4 is 12.4 Å². The van der Waals surface area contributed by atoms with Gasteiger partial charge in [0.1, 0.15) is 6.54 Å². The molecule has 0 amide bonds. The Bertz CT molecular complexity index is 301. The number of nitrogens with zero attached hydrogens (tertiary/aromatic N) is 1. The quantitative estimate of drug-likeness (QED) is 0.430. The zero-order valence-electron chi connectivity index (χ0n) is 16.1. The van der Waals surface area contributed by atoms with Gasteiger partial charge >= 0.3 is 8.56 Å². The van der Waals surface area contributed by atoms with Gasteiger partial charge in [0.15, 0.2) is 16.6 Å². The van der Waals surface area contributed by atoms with Crippen molar-refractivity contribution in [2.24, 2.45) is 0 Å². The van der Waals surface area contributed by atoms with Crippen LogP contribution in [-0.4, -0.2) is 68.6 Å². The van der Waals surface area contributed by atoms with Crippen molar-refractivity contribution in [3.8, 4) is 0 Å². The standard InChI is InChI=1S/C14H38NO3Si3.ClH/c1-15(2,12-13-16)11-10-14-21(9,17-19(3,4)5)18-20(6,7)8;/h16H,10-14H2,1-9H3;1H/q+1;/p-1. The predicted octanol–water partition coefficient (Wildman–Crippen LogP) is 0.224. The highest BCUT2D eigenvalue weighted by Crippen LogP contribution is 2.25. The molecule has 0 fully saturated rings. The Morgan fingerprint density at radius 2 is 1.23 bits per heavy atom. The van der Waals surface area contributed by atoms with E-state index in [1.807, 2.05) is 0 Å². The molecule has 0 aliphatic carbocycles. The molecule has 0 bridgehead atoms. The van der Waals surface area contributed by atoms with Crippen molar-refractivity contribution in [2.45, 2.75) is 58.3 Å². The van der Waals surface area contributed by atoms with Crippen LogP contribution in [-0.2, 0) is 8.23 Å². The number of aliphatic hydroxyl groups is 1. The van der Waals surface area contributed by atoms with Crippen molar-refractivity contribution in [2.75, 3.05) is 33.8 Å². The van der Waals surface area contributed by atoms with Gasteiger partial charge in [0.2, 0.25) is 0 Å². The van der Waals surface area contributed by atoms with E-state index in [4.69, 9.17) is 13.3 Å². The summed E-state index contributed by atoms with van der Waals surface area (Å²) in [6.45, 7) is 17.9. The molecule has 1 N–H and O–H groups in total. The number of quaternary nitrogens is 1. The van der Waals surface area contributed by atoms with E-state index in [-0.39, 0.29) is 19.0 Å². The molecule has 0 radical (unpaired) electrons. The Hall–Kier alpha value is 0.781. The third kappa shape index (κ3) is 13.2. The zero-order chi connectivity index (χ0) is 16.9. The SMILES string of the molecule is C[N+](C)(CCO)CCC[Si](C)(O[Si](C)(C)C)O[Si](C)(C)C.[Cl-]. The third-order valence-electron chi connectivity index (χ3n) is 3.14. The Labute approximate surface area is 147 Å². The second kappa shape index (κ2) is 9.31. The van der Waals surface area contributed by atoms with Gasteiger partial charge in [-0.3, -0.25) is 0 Å². The zero-order valence-corrected chi connectivity index (χ0v) is 19.9. The molecule has 0 aromatic heterocycles. The van der Waals surface area contributed by atoms with E-state index in [1.54, 1.807) is 0 Å². The Morgan fingerprint density at radius 3 is 1.55 bits per heavy atom. The maximum absolute atomic E-state index is 9.12. The fourth-order valence-corrected chi connectivity index (χ4v) is 15.2. The van der Waals surface area contributed by atoms with E-state index < -0.39 is 25.2 Å². The third-order valence-corrected chi connectivity index (χ3v) is 12.8. The van der Waals surface area contributed by atoms with E-state index in [0.29, 0.717) is 0 Å². The van der Waals surface area contributed by atoms with Crippen LogP contribution in [0.1, 0.15) is 6.42 Å². The summed E-state index contributed by atoms with van der Waals surface area (Å²) in [5.74, 6) is 0. The van der Waals surface area contributed by atoms with Gasteiger partial charge < -0.3 is 30.2 Å². The molecule has 0 saturated carbocycles. The topological polar surface area (TPSA) is 38.7 Å². The van der Waals surface area contributed by atoms with Crippen molar-refractivity contribution in [3.05, 3.63) is 0 Å². The predicted molar refractivity (Wildman–Crippen MR) is 98.8 cm³/mol. The van der Waals surface area contributed by atoms with E-state index in [0.717, 1.165) is 30.0 Å². The maximum atomic E-state index is 9.12. The van der Waals surface area contributed by atoms with E-state index in [9.17, 15) is 0 Å². The van der Waals surface area contributed by atoms with Gasteiger partial charge in [-0.05, 0) is 58.3 Å². The molecule has 0 aliphatic rings. The minimum absolute atomic E-state index is 0. The minimum Gasteiger partial charge on any atom is -1.00 e. The lowest BCUT2D eigenvalue weighted by molar-refractivity contribution is -0.890. The molecule has 0 atom stereocenters. The number of aliphatic hydroxyl groups excluding tert-OH is 1. The molecular weight excluding hydrogens is 350 g/mol. The molecule has 8 heteroatoms. The van der Waals surface area contributed by atoms with Crippen molar-refractivity contribution >= 4 is 25.2 Å². The first-order chi connectivity index (χ1) is 9.18. The highest BCUT2D eigenvalue weighted by Gasteiger charge is 2.40. The molecule has 136 valence electrons. The average molecular weight is 388 g/mol. The first-order valence-corrected chi connectivity index (χ1v) is 17.4. The number of halogens is 1. The normalized spacial score (nSPS) is 13.9. The lowest BCUT2D eigenvalue weighted by Crippen LogP contribution is -3.00. The van der Waals surface area contributed by atoms with Gasteiger partial charge in [-0.2, -0.15) is 0 Å². The molecule has 0 heterocycles. The van der Waals surface area contributed by atoms with E-state index in [1.165, 1.54) is 0 Å². The van der Waals surface area contributed by atoms with Crippen LogP contribution in [0, 0.1) is 0 Å². The first-order valence-electron chi connectivity index (χ1n) is 8.01. The average Bonchev–Trinajstić information content (AvgIpc) is 2.08. The van der Waals surface area contributed by atoms with Crippen LogP contribution >= 0.6 is 0 Å². The summed E-state index contributed by atoms with van der Waals surface area (Å²) in [5, 5.41) is 9.12. The van der Waals surface area contributed by atoms with Crippen LogP contribution in [0.2, 0.25) is 51.9 Å². The molecule has 4 nitrogen and oxygen atoms in total. The summed E-state index contributed by atoms with van der Waals surface area (Å²) >= 11 is 0. The molecule has 0 aliphatic heterocycles. The molecule has 0 aromatic rings. The highest BCUT2D eigenvalue weighted by atomic mass is 35.5. The molecule has 0 saturated heterocycles. The largest absolute Gasteiger partial charge is 1.00 e. The number of hydrogen-bond acceptors (Lipinski definition) is 3. The van der Waals surface area contributed by atoms with E-state index in [2.05, 4.69) is 59.9 Å². The summed E-state index contributed by atoms with van der Waals surface area (Å²) in [6.07, 6.45) is 1.10. The number of hydrogen-bond donors (Lipinski definition) is 1. The Kier molecular flexibility index (Phi) is 10.6. The van der Waals surface area contributed by atoms with Crippen LogP contribution in [0.5, 0.6) is 0 Å². The van der Waals surface area contributed by atoms with Gasteiger partial charge in [-0.1, -0.05) is 0 Å². The monoisotopic (exact) mass is 387 g/mol. The Balaban J connectivity index is 0. The van der Waals surface area contributed by atoms with Crippen LogP contribution in [0.25, 0.3) is 0 Å². The van der Waals surface area contributed by atoms with Gasteiger partial charge in [0.05, 0.1) is 27.2 Å². The number of rotatable bonds is 10. The fraction of sp³-hybridized carbons (Fsp3) is 1.00. The van der Waals surface area contributed by atoms with Crippen LogP contribution in [0.4, 0.5) is 0 Å². The van der Waals surface area contributed by atoms with Crippen molar-refractivity contribution in [1.29, 1.82) is 0 Å². The maximum Gasteiger partial charge on any atom is 0.314 e. The van der Waals surface area contributed by atoms with Gasteiger partial charge in [-0.15, -0.1) is 0 Å². The van der Waals surface area contributed by atoms with Crippen LogP contribution in [0.15, 0.2) is 0 Å². The smallest absolute Gasteiger partial charge is 0.314 e. The fourth-order valence-electron chi connectivity index (χ4n) is 2.63. The lowest BCUT2D eigenvalue weighted by atomic mass is 10.4. The summed E-state index contributed by atoms with van der Waals surface area (Å²) < 4.78 is 13.9. The first kappa shape index (κ1) is 25.0. The molecule has 0 aromatic carbocycles. The lowest BCUT2D eigenvalue weighted by Gasteiger charge is -2.39. The molecule has 0 unspecified atom stereocenters. The van der Waals surface area contributed by atoms with Crippen molar-refractivity contribution in [1.82, 2.24) is 0 Å².